The third kappa shape index (κ3) is 6.17. The van der Waals surface area contributed by atoms with Crippen molar-refractivity contribution in [3.05, 3.63) is 59.7 Å². The van der Waals surface area contributed by atoms with Crippen molar-refractivity contribution < 1.29 is 14.3 Å². The predicted octanol–water partition coefficient (Wildman–Crippen LogP) is 3.16. The van der Waals surface area contributed by atoms with Crippen molar-refractivity contribution in [2.75, 3.05) is 39.7 Å². The number of nitrogens with zero attached hydrogens (tertiary/aromatic N) is 2. The van der Waals surface area contributed by atoms with Crippen LogP contribution >= 0.6 is 0 Å². The van der Waals surface area contributed by atoms with Gasteiger partial charge in [-0.3, -0.25) is 4.79 Å². The number of hydrogen-bond acceptors (Lipinski definition) is 5. The highest BCUT2D eigenvalue weighted by Gasteiger charge is 2.09. The summed E-state index contributed by atoms with van der Waals surface area (Å²) in [7, 11) is 5.52. The number of nitriles is 1. The number of ether oxygens (including phenoxy) is 2. The van der Waals surface area contributed by atoms with Gasteiger partial charge in [0, 0.05) is 23.9 Å². The molecule has 0 aliphatic heterocycles. The number of rotatable bonds is 8. The Kier molecular flexibility index (Phi) is 7.41. The van der Waals surface area contributed by atoms with E-state index in [0.29, 0.717) is 29.4 Å². The van der Waals surface area contributed by atoms with Gasteiger partial charge in [-0.1, -0.05) is 18.2 Å². The normalized spacial score (nSPS) is 10.6. The van der Waals surface area contributed by atoms with Gasteiger partial charge in [0.1, 0.15) is 6.61 Å². The lowest BCUT2D eigenvalue weighted by atomic mass is 10.1. The average molecular weight is 365 g/mol. The smallest absolute Gasteiger partial charge is 0.248 e. The summed E-state index contributed by atoms with van der Waals surface area (Å²) < 4.78 is 11.2. The molecule has 0 saturated carbocycles. The Bertz CT molecular complexity index is 854. The van der Waals surface area contributed by atoms with Crippen LogP contribution in [0.5, 0.6) is 11.5 Å². The second kappa shape index (κ2) is 10.00. The van der Waals surface area contributed by atoms with Crippen molar-refractivity contribution >= 4 is 17.7 Å². The fourth-order valence-corrected chi connectivity index (χ4v) is 2.33. The standard InChI is InChI=1S/C21H23N3O3/c1-24(2)12-13-27-21-17(7-5-9-19(21)26-3)10-11-20(25)23-18-8-4-6-16(14-18)15-22/h4-11,14H,12-13H2,1-3H3,(H,23,25)/b11-10+. The Morgan fingerprint density at radius 1 is 1.26 bits per heavy atom. The topological polar surface area (TPSA) is 74.6 Å². The summed E-state index contributed by atoms with van der Waals surface area (Å²) in [5, 5.41) is 11.7. The number of amides is 1. The molecule has 2 aromatic carbocycles. The van der Waals surface area contributed by atoms with E-state index >= 15 is 0 Å². The maximum atomic E-state index is 12.2. The number of hydrogen-bond donors (Lipinski definition) is 1. The van der Waals surface area contributed by atoms with Crippen LogP contribution in [-0.2, 0) is 4.79 Å². The molecule has 0 spiro atoms. The third-order valence-corrected chi connectivity index (χ3v) is 3.69. The van der Waals surface area contributed by atoms with E-state index in [1.807, 2.05) is 43.3 Å². The summed E-state index contributed by atoms with van der Waals surface area (Å²) in [5.41, 5.74) is 1.80. The van der Waals surface area contributed by atoms with Gasteiger partial charge in [0.05, 0.1) is 18.7 Å². The van der Waals surface area contributed by atoms with E-state index in [-0.39, 0.29) is 5.91 Å². The van der Waals surface area contributed by atoms with E-state index in [0.717, 1.165) is 12.1 Å². The highest BCUT2D eigenvalue weighted by Crippen LogP contribution is 2.32. The van der Waals surface area contributed by atoms with Crippen LogP contribution in [0.2, 0.25) is 0 Å². The highest BCUT2D eigenvalue weighted by atomic mass is 16.5. The maximum absolute atomic E-state index is 12.2. The summed E-state index contributed by atoms with van der Waals surface area (Å²) >= 11 is 0. The first-order valence-corrected chi connectivity index (χ1v) is 8.47. The van der Waals surface area contributed by atoms with E-state index in [1.165, 1.54) is 6.08 Å². The van der Waals surface area contributed by atoms with Gasteiger partial charge in [0.25, 0.3) is 0 Å². The molecule has 0 unspecified atom stereocenters. The van der Waals surface area contributed by atoms with E-state index in [2.05, 4.69) is 5.32 Å². The molecular formula is C21H23N3O3. The molecule has 0 aromatic heterocycles. The molecule has 0 aliphatic carbocycles. The van der Waals surface area contributed by atoms with E-state index in [9.17, 15) is 4.79 Å². The zero-order valence-corrected chi connectivity index (χ0v) is 15.7. The quantitative estimate of drug-likeness (QED) is 0.728. The molecule has 0 aliphatic rings. The van der Waals surface area contributed by atoms with Crippen molar-refractivity contribution in [3.63, 3.8) is 0 Å². The molecular weight excluding hydrogens is 342 g/mol. The van der Waals surface area contributed by atoms with Crippen LogP contribution in [0.15, 0.2) is 48.5 Å². The number of likely N-dealkylation sites (N-methyl/N-ethyl adjacent to an activating group) is 1. The van der Waals surface area contributed by atoms with Crippen LogP contribution < -0.4 is 14.8 Å². The first kappa shape index (κ1) is 20.0. The van der Waals surface area contributed by atoms with Gasteiger partial charge in [0.2, 0.25) is 5.91 Å². The average Bonchev–Trinajstić information content (AvgIpc) is 2.66. The molecule has 1 amide bonds. The lowest BCUT2D eigenvalue weighted by molar-refractivity contribution is -0.111. The lowest BCUT2D eigenvalue weighted by Crippen LogP contribution is -2.19. The fourth-order valence-electron chi connectivity index (χ4n) is 2.33. The second-order valence-electron chi connectivity index (χ2n) is 6.05. The number of carbonyl (C=O) groups is 1. The van der Waals surface area contributed by atoms with Crippen LogP contribution in [0.4, 0.5) is 5.69 Å². The monoisotopic (exact) mass is 365 g/mol. The molecule has 2 aromatic rings. The van der Waals surface area contributed by atoms with Gasteiger partial charge in [-0.2, -0.15) is 5.26 Å². The molecule has 0 radical (unpaired) electrons. The fraction of sp³-hybridized carbons (Fsp3) is 0.238. The van der Waals surface area contributed by atoms with Crippen molar-refractivity contribution in [2.45, 2.75) is 0 Å². The molecule has 27 heavy (non-hydrogen) atoms. The Morgan fingerprint density at radius 3 is 2.74 bits per heavy atom. The SMILES string of the molecule is COc1cccc(/C=C/C(=O)Nc2cccc(C#N)c2)c1OCCN(C)C. The zero-order chi connectivity index (χ0) is 19.6. The van der Waals surface area contributed by atoms with Gasteiger partial charge >= 0.3 is 0 Å². The number of nitrogens with one attached hydrogen (secondary N) is 1. The van der Waals surface area contributed by atoms with E-state index in [4.69, 9.17) is 14.7 Å². The first-order chi connectivity index (χ1) is 13.0. The van der Waals surface area contributed by atoms with Crippen LogP contribution in [0.25, 0.3) is 6.08 Å². The largest absolute Gasteiger partial charge is 0.493 e. The summed E-state index contributed by atoms with van der Waals surface area (Å²) in [6.45, 7) is 1.26. The van der Waals surface area contributed by atoms with Gasteiger partial charge in [-0.25, -0.2) is 0 Å². The number of para-hydroxylation sites is 1. The molecule has 6 heteroatoms. The number of methoxy groups -OCH3 is 1. The predicted molar refractivity (Wildman–Crippen MR) is 106 cm³/mol. The minimum Gasteiger partial charge on any atom is -0.493 e. The highest BCUT2D eigenvalue weighted by molar-refractivity contribution is 6.02. The third-order valence-electron chi connectivity index (χ3n) is 3.69. The Hall–Kier alpha value is -3.30. The van der Waals surface area contributed by atoms with E-state index in [1.54, 1.807) is 37.5 Å². The molecule has 0 heterocycles. The van der Waals surface area contributed by atoms with Crippen LogP contribution in [-0.4, -0.2) is 45.2 Å². The number of anilines is 1. The first-order valence-electron chi connectivity index (χ1n) is 8.47. The van der Waals surface area contributed by atoms with Gasteiger partial charge in [0.15, 0.2) is 11.5 Å². The molecule has 0 fully saturated rings. The van der Waals surface area contributed by atoms with Crippen molar-refractivity contribution in [2.24, 2.45) is 0 Å². The summed E-state index contributed by atoms with van der Waals surface area (Å²) in [6, 6.07) is 14.3. The molecule has 140 valence electrons. The maximum Gasteiger partial charge on any atom is 0.248 e. The Morgan fingerprint density at radius 2 is 2.04 bits per heavy atom. The summed E-state index contributed by atoms with van der Waals surface area (Å²) in [5.74, 6) is 0.905. The van der Waals surface area contributed by atoms with Gasteiger partial charge in [-0.15, -0.1) is 0 Å². The van der Waals surface area contributed by atoms with Crippen LogP contribution in [0, 0.1) is 11.3 Å². The Balaban J connectivity index is 2.12. The molecule has 0 atom stereocenters. The lowest BCUT2D eigenvalue weighted by Gasteiger charge is -2.15. The number of carbonyl (C=O) groups excluding carboxylic acids is 1. The Labute approximate surface area is 159 Å². The van der Waals surface area contributed by atoms with Crippen LogP contribution in [0.1, 0.15) is 11.1 Å². The molecule has 1 N–H and O–H groups in total. The molecule has 0 saturated heterocycles. The van der Waals surface area contributed by atoms with Crippen LogP contribution in [0.3, 0.4) is 0 Å². The van der Waals surface area contributed by atoms with Crippen molar-refractivity contribution in [3.8, 4) is 17.6 Å². The van der Waals surface area contributed by atoms with Crippen molar-refractivity contribution in [1.29, 1.82) is 5.26 Å². The van der Waals surface area contributed by atoms with E-state index < -0.39 is 0 Å². The second-order valence-corrected chi connectivity index (χ2v) is 6.05. The zero-order valence-electron chi connectivity index (χ0n) is 15.7. The van der Waals surface area contributed by atoms with Gasteiger partial charge < -0.3 is 19.7 Å². The molecule has 2 rings (SSSR count). The molecule has 0 bridgehead atoms. The summed E-state index contributed by atoms with van der Waals surface area (Å²) in [6.07, 6.45) is 3.10. The molecule has 6 nitrogen and oxygen atoms in total. The van der Waals surface area contributed by atoms with Crippen molar-refractivity contribution in [1.82, 2.24) is 4.90 Å². The minimum absolute atomic E-state index is 0.299. The summed E-state index contributed by atoms with van der Waals surface area (Å²) in [4.78, 5) is 14.2. The minimum atomic E-state index is -0.299. The number of benzene rings is 2. The van der Waals surface area contributed by atoms with Gasteiger partial charge in [-0.05, 0) is 44.4 Å².